The van der Waals surface area contributed by atoms with Crippen molar-refractivity contribution in [3.8, 4) is 5.75 Å². The van der Waals surface area contributed by atoms with Crippen molar-refractivity contribution in [2.24, 2.45) is 5.92 Å². The molecular weight excluding hydrogens is 319 g/mol. The second-order valence-corrected chi connectivity index (χ2v) is 7.61. The molecule has 1 aliphatic rings. The van der Waals surface area contributed by atoms with Crippen LogP contribution in [0.1, 0.15) is 19.3 Å². The number of rotatable bonds is 4. The second-order valence-electron chi connectivity index (χ2n) is 4.26. The molecule has 0 aromatic heterocycles. The van der Waals surface area contributed by atoms with Crippen molar-refractivity contribution >= 4 is 42.9 Å². The first kappa shape index (κ1) is 14.3. The summed E-state index contributed by atoms with van der Waals surface area (Å²) in [6.45, 7) is 0.572. The van der Waals surface area contributed by atoms with Crippen molar-refractivity contribution in [3.05, 3.63) is 22.2 Å². The highest BCUT2D eigenvalue weighted by Gasteiger charge is 2.21. The Kier molecular flexibility index (Phi) is 4.32. The molecule has 3 nitrogen and oxygen atoms in total. The van der Waals surface area contributed by atoms with Crippen molar-refractivity contribution in [2.45, 2.75) is 24.2 Å². The van der Waals surface area contributed by atoms with Gasteiger partial charge in [0.2, 0.25) is 0 Å². The third kappa shape index (κ3) is 3.23. The molecule has 2 rings (SSSR count). The summed E-state index contributed by atoms with van der Waals surface area (Å²) in [5.41, 5.74) is 0. The maximum atomic E-state index is 11.2. The molecule has 1 saturated carbocycles. The topological polar surface area (TPSA) is 43.4 Å². The van der Waals surface area contributed by atoms with E-state index in [9.17, 15) is 8.42 Å². The van der Waals surface area contributed by atoms with Gasteiger partial charge in [-0.1, -0.05) is 29.6 Å². The van der Waals surface area contributed by atoms with Crippen LogP contribution in [-0.4, -0.2) is 15.0 Å². The lowest BCUT2D eigenvalue weighted by Crippen LogP contribution is -2.19. The molecular formula is C11H11Cl3O3S. The van der Waals surface area contributed by atoms with Crippen LogP contribution in [0.15, 0.2) is 17.0 Å². The zero-order valence-electron chi connectivity index (χ0n) is 9.33. The largest absolute Gasteiger partial charge is 0.492 e. The van der Waals surface area contributed by atoms with Crippen molar-refractivity contribution < 1.29 is 13.2 Å². The summed E-state index contributed by atoms with van der Waals surface area (Å²) >= 11 is 11.8. The van der Waals surface area contributed by atoms with Crippen LogP contribution < -0.4 is 4.74 Å². The van der Waals surface area contributed by atoms with Crippen LogP contribution in [0.2, 0.25) is 10.0 Å². The molecule has 1 fully saturated rings. The molecule has 7 heteroatoms. The maximum absolute atomic E-state index is 11.2. The molecule has 100 valence electrons. The fourth-order valence-corrected chi connectivity index (χ4v) is 3.47. The van der Waals surface area contributed by atoms with Crippen LogP contribution in [0.4, 0.5) is 0 Å². The molecule has 1 aliphatic carbocycles. The predicted octanol–water partition coefficient (Wildman–Crippen LogP) is 4.10. The molecule has 0 amide bonds. The van der Waals surface area contributed by atoms with Gasteiger partial charge in [-0.2, -0.15) is 0 Å². The molecule has 1 aromatic carbocycles. The van der Waals surface area contributed by atoms with E-state index in [1.165, 1.54) is 18.6 Å². The minimum atomic E-state index is -3.90. The average Bonchev–Trinajstić information content (AvgIpc) is 2.18. The van der Waals surface area contributed by atoms with E-state index >= 15 is 0 Å². The highest BCUT2D eigenvalue weighted by atomic mass is 35.7. The summed E-state index contributed by atoms with van der Waals surface area (Å²) in [5, 5.41) is 0.205. The van der Waals surface area contributed by atoms with Gasteiger partial charge in [-0.25, -0.2) is 8.42 Å². The highest BCUT2D eigenvalue weighted by molar-refractivity contribution is 8.13. The van der Waals surface area contributed by atoms with Gasteiger partial charge in [0.1, 0.15) is 10.6 Å². The monoisotopic (exact) mass is 328 g/mol. The molecule has 0 unspecified atom stereocenters. The summed E-state index contributed by atoms with van der Waals surface area (Å²) in [6, 6.07) is 2.60. The molecule has 0 saturated heterocycles. The van der Waals surface area contributed by atoms with Crippen LogP contribution >= 0.6 is 33.9 Å². The van der Waals surface area contributed by atoms with E-state index in [-0.39, 0.29) is 14.9 Å². The fraction of sp³-hybridized carbons (Fsp3) is 0.455. The predicted molar refractivity (Wildman–Crippen MR) is 72.3 cm³/mol. The van der Waals surface area contributed by atoms with Crippen molar-refractivity contribution in [1.82, 2.24) is 0 Å². The zero-order valence-corrected chi connectivity index (χ0v) is 12.4. The standard InChI is InChI=1S/C11H11Cl3O3S/c12-8-5-11(18(14,15)16)9(13)4-10(8)17-6-7-2-1-3-7/h4-5,7H,1-3,6H2. The molecule has 0 aliphatic heterocycles. The summed E-state index contributed by atoms with van der Waals surface area (Å²) < 4.78 is 28.0. The van der Waals surface area contributed by atoms with Crippen LogP contribution in [0.5, 0.6) is 5.75 Å². The van der Waals surface area contributed by atoms with E-state index in [0.717, 1.165) is 12.8 Å². The third-order valence-electron chi connectivity index (χ3n) is 2.95. The molecule has 0 heterocycles. The Morgan fingerprint density at radius 3 is 2.39 bits per heavy atom. The summed E-state index contributed by atoms with van der Waals surface area (Å²) in [7, 11) is 1.34. The van der Waals surface area contributed by atoms with E-state index in [2.05, 4.69) is 0 Å². The van der Waals surface area contributed by atoms with Crippen LogP contribution in [0, 0.1) is 5.92 Å². The van der Waals surface area contributed by atoms with Gasteiger partial charge in [0.05, 0.1) is 16.7 Å². The first-order valence-electron chi connectivity index (χ1n) is 5.44. The first-order valence-corrected chi connectivity index (χ1v) is 8.51. The van der Waals surface area contributed by atoms with E-state index in [1.54, 1.807) is 0 Å². The van der Waals surface area contributed by atoms with Crippen molar-refractivity contribution in [3.63, 3.8) is 0 Å². The molecule has 18 heavy (non-hydrogen) atoms. The number of benzene rings is 1. The molecule has 0 atom stereocenters. The Labute approximate surface area is 120 Å². The van der Waals surface area contributed by atoms with E-state index in [0.29, 0.717) is 18.3 Å². The van der Waals surface area contributed by atoms with Gasteiger partial charge in [-0.15, -0.1) is 0 Å². The summed E-state index contributed by atoms with van der Waals surface area (Å²) in [4.78, 5) is -0.202. The smallest absolute Gasteiger partial charge is 0.262 e. The first-order chi connectivity index (χ1) is 8.38. The van der Waals surface area contributed by atoms with Crippen LogP contribution in [-0.2, 0) is 9.05 Å². The van der Waals surface area contributed by atoms with Gasteiger partial charge in [-0.3, -0.25) is 0 Å². The Balaban J connectivity index is 2.19. The Morgan fingerprint density at radius 2 is 1.89 bits per heavy atom. The molecule has 0 N–H and O–H groups in total. The number of hydrogen-bond acceptors (Lipinski definition) is 3. The van der Waals surface area contributed by atoms with Crippen molar-refractivity contribution in [1.29, 1.82) is 0 Å². The van der Waals surface area contributed by atoms with E-state index < -0.39 is 9.05 Å². The second kappa shape index (κ2) is 5.45. The lowest BCUT2D eigenvalue weighted by molar-refractivity contribution is 0.180. The van der Waals surface area contributed by atoms with Gasteiger partial charge >= 0.3 is 0 Å². The van der Waals surface area contributed by atoms with Crippen molar-refractivity contribution in [2.75, 3.05) is 6.61 Å². The molecule has 0 bridgehead atoms. The van der Waals surface area contributed by atoms with Crippen LogP contribution in [0.3, 0.4) is 0 Å². The van der Waals surface area contributed by atoms with Crippen LogP contribution in [0.25, 0.3) is 0 Å². The van der Waals surface area contributed by atoms with Gasteiger partial charge in [0, 0.05) is 16.7 Å². The molecule has 0 radical (unpaired) electrons. The summed E-state index contributed by atoms with van der Waals surface area (Å²) in [6.07, 6.45) is 3.53. The molecule has 0 spiro atoms. The summed E-state index contributed by atoms with van der Waals surface area (Å²) in [5.74, 6) is 0.939. The minimum absolute atomic E-state index is 0.0120. The van der Waals surface area contributed by atoms with E-state index in [4.69, 9.17) is 38.6 Å². The Bertz CT molecular complexity index is 553. The van der Waals surface area contributed by atoms with Gasteiger partial charge in [-0.05, 0) is 24.8 Å². The number of hydrogen-bond donors (Lipinski definition) is 0. The fourth-order valence-electron chi connectivity index (χ4n) is 1.67. The normalized spacial score (nSPS) is 16.4. The lowest BCUT2D eigenvalue weighted by atomic mass is 9.86. The van der Waals surface area contributed by atoms with Gasteiger partial charge in [0.25, 0.3) is 9.05 Å². The number of ether oxygens (including phenoxy) is 1. The SMILES string of the molecule is O=S(=O)(Cl)c1cc(Cl)c(OCC2CCC2)cc1Cl. The lowest BCUT2D eigenvalue weighted by Gasteiger charge is -2.25. The zero-order chi connectivity index (χ0) is 13.3. The van der Waals surface area contributed by atoms with Gasteiger partial charge < -0.3 is 4.74 Å². The number of halogens is 3. The molecule has 1 aromatic rings. The van der Waals surface area contributed by atoms with E-state index in [1.807, 2.05) is 0 Å². The quantitative estimate of drug-likeness (QED) is 0.781. The van der Waals surface area contributed by atoms with Gasteiger partial charge in [0.15, 0.2) is 0 Å². The Morgan fingerprint density at radius 1 is 1.22 bits per heavy atom. The average molecular weight is 330 g/mol. The minimum Gasteiger partial charge on any atom is -0.492 e. The Hall–Kier alpha value is -0.160. The maximum Gasteiger partial charge on any atom is 0.262 e. The highest BCUT2D eigenvalue weighted by Crippen LogP contribution is 2.36. The third-order valence-corrected chi connectivity index (χ3v) is 5.03.